The number of halogens is 1. The van der Waals surface area contributed by atoms with Crippen LogP contribution in [0.25, 0.3) is 0 Å². The normalized spacial score (nSPS) is 16.0. The quantitative estimate of drug-likeness (QED) is 0.864. The van der Waals surface area contributed by atoms with Crippen LogP contribution in [0, 0.1) is 0 Å². The number of hydrogen-bond acceptors (Lipinski definition) is 2. The van der Waals surface area contributed by atoms with Gasteiger partial charge in [0, 0.05) is 23.7 Å². The number of nitrogens with one attached hydrogen (secondary N) is 1. The fraction of sp³-hybridized carbons (Fsp3) is 0.350. The maximum absolute atomic E-state index is 12.1. The van der Waals surface area contributed by atoms with Gasteiger partial charge in [-0.25, -0.2) is 0 Å². The van der Waals surface area contributed by atoms with Crippen LogP contribution in [0.3, 0.4) is 0 Å². The van der Waals surface area contributed by atoms with Crippen LogP contribution in [-0.2, 0) is 4.79 Å². The number of likely N-dealkylation sites (tertiary alicyclic amines) is 1. The van der Waals surface area contributed by atoms with Crippen molar-refractivity contribution >= 4 is 23.2 Å². The SMILES string of the molecule is O=C(CCN1CCC(c2ccccc2)CC1)Nc1ccc(Cl)cc1. The molecule has 0 aromatic heterocycles. The Morgan fingerprint density at radius 1 is 1.04 bits per heavy atom. The summed E-state index contributed by atoms with van der Waals surface area (Å²) in [6, 6.07) is 18.0. The maximum Gasteiger partial charge on any atom is 0.225 e. The number of amides is 1. The third-order valence-electron chi connectivity index (χ3n) is 4.64. The molecule has 1 aliphatic rings. The van der Waals surface area contributed by atoms with Crippen LogP contribution in [0.4, 0.5) is 5.69 Å². The number of hydrogen-bond donors (Lipinski definition) is 1. The number of anilines is 1. The van der Waals surface area contributed by atoms with Crippen LogP contribution < -0.4 is 5.32 Å². The predicted octanol–water partition coefficient (Wildman–Crippen LogP) is 4.55. The third kappa shape index (κ3) is 4.83. The number of nitrogens with zero attached hydrogens (tertiary/aromatic N) is 1. The van der Waals surface area contributed by atoms with Gasteiger partial charge in [-0.1, -0.05) is 41.9 Å². The highest BCUT2D eigenvalue weighted by Crippen LogP contribution is 2.27. The average molecular weight is 343 g/mol. The molecular formula is C20H23ClN2O. The summed E-state index contributed by atoms with van der Waals surface area (Å²) in [5.41, 5.74) is 2.24. The summed E-state index contributed by atoms with van der Waals surface area (Å²) in [6.07, 6.45) is 2.87. The van der Waals surface area contributed by atoms with Gasteiger partial charge in [0.05, 0.1) is 0 Å². The lowest BCUT2D eigenvalue weighted by Gasteiger charge is -2.32. The molecule has 1 aliphatic heterocycles. The highest BCUT2D eigenvalue weighted by Gasteiger charge is 2.20. The first-order valence-corrected chi connectivity index (χ1v) is 8.91. The van der Waals surface area contributed by atoms with Crippen LogP contribution in [0.5, 0.6) is 0 Å². The lowest BCUT2D eigenvalue weighted by Crippen LogP contribution is -2.35. The second-order valence-electron chi connectivity index (χ2n) is 6.33. The van der Waals surface area contributed by atoms with Crippen molar-refractivity contribution in [1.82, 2.24) is 4.90 Å². The second kappa shape index (κ2) is 8.32. The van der Waals surface area contributed by atoms with Gasteiger partial charge in [0.2, 0.25) is 5.91 Å². The summed E-state index contributed by atoms with van der Waals surface area (Å²) >= 11 is 5.85. The summed E-state index contributed by atoms with van der Waals surface area (Å²) in [5, 5.41) is 3.59. The van der Waals surface area contributed by atoms with E-state index in [9.17, 15) is 4.79 Å². The molecule has 3 nitrogen and oxygen atoms in total. The molecule has 2 aromatic rings. The Morgan fingerprint density at radius 3 is 2.38 bits per heavy atom. The van der Waals surface area contributed by atoms with E-state index >= 15 is 0 Å². The van der Waals surface area contributed by atoms with E-state index in [4.69, 9.17) is 11.6 Å². The zero-order valence-electron chi connectivity index (χ0n) is 13.7. The lowest BCUT2D eigenvalue weighted by atomic mass is 9.89. The molecule has 0 atom stereocenters. The fourth-order valence-electron chi connectivity index (χ4n) is 3.23. The van der Waals surface area contributed by atoms with Gasteiger partial charge in [-0.15, -0.1) is 0 Å². The molecule has 4 heteroatoms. The molecule has 24 heavy (non-hydrogen) atoms. The lowest BCUT2D eigenvalue weighted by molar-refractivity contribution is -0.116. The van der Waals surface area contributed by atoms with Crippen molar-refractivity contribution in [2.75, 3.05) is 25.0 Å². The Hall–Kier alpha value is -1.84. The van der Waals surface area contributed by atoms with E-state index in [0.717, 1.165) is 25.3 Å². The number of benzene rings is 2. The zero-order chi connectivity index (χ0) is 16.8. The number of carbonyl (C=O) groups is 1. The molecule has 1 amide bonds. The first-order valence-electron chi connectivity index (χ1n) is 8.53. The van der Waals surface area contributed by atoms with Crippen molar-refractivity contribution in [1.29, 1.82) is 0 Å². The monoisotopic (exact) mass is 342 g/mol. The molecule has 0 unspecified atom stereocenters. The standard InChI is InChI=1S/C20H23ClN2O/c21-18-6-8-19(9-7-18)22-20(24)12-15-23-13-10-17(11-14-23)16-4-2-1-3-5-16/h1-9,17H,10-15H2,(H,22,24). The van der Waals surface area contributed by atoms with Crippen molar-refractivity contribution in [2.24, 2.45) is 0 Å². The molecular weight excluding hydrogens is 320 g/mol. The van der Waals surface area contributed by atoms with Crippen molar-refractivity contribution in [2.45, 2.75) is 25.2 Å². The smallest absolute Gasteiger partial charge is 0.225 e. The van der Waals surface area contributed by atoms with Gasteiger partial charge < -0.3 is 10.2 Å². The second-order valence-corrected chi connectivity index (χ2v) is 6.77. The van der Waals surface area contributed by atoms with Crippen molar-refractivity contribution in [3.05, 3.63) is 65.2 Å². The fourth-order valence-corrected chi connectivity index (χ4v) is 3.36. The Kier molecular flexibility index (Phi) is 5.89. The minimum atomic E-state index is 0.0579. The summed E-state index contributed by atoms with van der Waals surface area (Å²) < 4.78 is 0. The zero-order valence-corrected chi connectivity index (χ0v) is 14.5. The first kappa shape index (κ1) is 17.0. The molecule has 1 N–H and O–H groups in total. The maximum atomic E-state index is 12.1. The van der Waals surface area contributed by atoms with E-state index in [2.05, 4.69) is 40.5 Å². The van der Waals surface area contributed by atoms with Crippen LogP contribution in [0.15, 0.2) is 54.6 Å². The molecule has 0 saturated carbocycles. The highest BCUT2D eigenvalue weighted by atomic mass is 35.5. The van der Waals surface area contributed by atoms with E-state index < -0.39 is 0 Å². The van der Waals surface area contributed by atoms with Crippen LogP contribution >= 0.6 is 11.6 Å². The van der Waals surface area contributed by atoms with E-state index in [1.54, 1.807) is 12.1 Å². The number of rotatable bonds is 5. The Morgan fingerprint density at radius 2 is 1.71 bits per heavy atom. The van der Waals surface area contributed by atoms with E-state index in [1.807, 2.05) is 12.1 Å². The Bertz CT molecular complexity index is 649. The Labute approximate surface area is 148 Å². The number of piperidine rings is 1. The summed E-state index contributed by atoms with van der Waals surface area (Å²) in [4.78, 5) is 14.4. The topological polar surface area (TPSA) is 32.3 Å². The first-order chi connectivity index (χ1) is 11.7. The number of carbonyl (C=O) groups excluding carboxylic acids is 1. The molecule has 0 bridgehead atoms. The highest BCUT2D eigenvalue weighted by molar-refractivity contribution is 6.30. The van der Waals surface area contributed by atoms with Gasteiger partial charge in [0.1, 0.15) is 0 Å². The molecule has 1 fully saturated rings. The molecule has 1 heterocycles. The summed E-state index contributed by atoms with van der Waals surface area (Å²) in [6.45, 7) is 2.95. The summed E-state index contributed by atoms with van der Waals surface area (Å²) in [5.74, 6) is 0.716. The van der Waals surface area contributed by atoms with E-state index in [0.29, 0.717) is 17.4 Å². The minimum Gasteiger partial charge on any atom is -0.326 e. The Balaban J connectivity index is 1.40. The van der Waals surface area contributed by atoms with Gasteiger partial charge in [0.15, 0.2) is 0 Å². The van der Waals surface area contributed by atoms with Crippen molar-refractivity contribution in [3.63, 3.8) is 0 Å². The van der Waals surface area contributed by atoms with Gasteiger partial charge >= 0.3 is 0 Å². The largest absolute Gasteiger partial charge is 0.326 e. The van der Waals surface area contributed by atoms with Gasteiger partial charge in [-0.05, 0) is 61.7 Å². The van der Waals surface area contributed by atoms with Crippen LogP contribution in [-0.4, -0.2) is 30.4 Å². The third-order valence-corrected chi connectivity index (χ3v) is 4.89. The van der Waals surface area contributed by atoms with E-state index in [-0.39, 0.29) is 5.91 Å². The molecule has 2 aromatic carbocycles. The van der Waals surface area contributed by atoms with Crippen molar-refractivity contribution in [3.8, 4) is 0 Å². The molecule has 0 spiro atoms. The van der Waals surface area contributed by atoms with Crippen molar-refractivity contribution < 1.29 is 4.79 Å². The molecule has 1 saturated heterocycles. The van der Waals surface area contributed by atoms with Gasteiger partial charge in [-0.2, -0.15) is 0 Å². The van der Waals surface area contributed by atoms with Gasteiger partial charge in [0.25, 0.3) is 0 Å². The predicted molar refractivity (Wildman–Crippen MR) is 99.6 cm³/mol. The van der Waals surface area contributed by atoms with E-state index in [1.165, 1.54) is 18.4 Å². The molecule has 0 aliphatic carbocycles. The minimum absolute atomic E-state index is 0.0579. The average Bonchev–Trinajstić information content (AvgIpc) is 2.63. The van der Waals surface area contributed by atoms with Gasteiger partial charge in [-0.3, -0.25) is 4.79 Å². The molecule has 3 rings (SSSR count). The molecule has 0 radical (unpaired) electrons. The molecule has 126 valence electrons. The summed E-state index contributed by atoms with van der Waals surface area (Å²) in [7, 11) is 0. The van der Waals surface area contributed by atoms with Crippen LogP contribution in [0.1, 0.15) is 30.7 Å². The van der Waals surface area contributed by atoms with Crippen LogP contribution in [0.2, 0.25) is 5.02 Å².